The molecule has 0 unspecified atom stereocenters. The minimum Gasteiger partial charge on any atom is -0.299 e. The van der Waals surface area contributed by atoms with Crippen LogP contribution in [-0.2, 0) is 4.79 Å². The molecular weight excluding hydrogens is 172 g/mol. The lowest BCUT2D eigenvalue weighted by Crippen LogP contribution is -2.28. The van der Waals surface area contributed by atoms with E-state index in [-0.39, 0.29) is 0 Å². The largest absolute Gasteiger partial charge is 0.299 e. The second kappa shape index (κ2) is 2.25. The van der Waals surface area contributed by atoms with E-state index in [9.17, 15) is 4.79 Å². The Morgan fingerprint density at radius 3 is 2.92 bits per heavy atom. The van der Waals surface area contributed by atoms with E-state index in [1.165, 1.54) is 12.8 Å². The van der Waals surface area contributed by atoms with E-state index in [4.69, 9.17) is 11.6 Å². The standard InChI is InChI=1S/C10H13ClO/c11-8-4-5-3-7(8)10-6(5)1-2-9(10)12/h5-8,10H,1-4H2/t5-,6-,7+,8+,10-/m1/s1. The fourth-order valence-corrected chi connectivity index (χ4v) is 4.25. The van der Waals surface area contributed by atoms with Gasteiger partial charge in [0.2, 0.25) is 0 Å². The van der Waals surface area contributed by atoms with Gasteiger partial charge in [0.15, 0.2) is 0 Å². The number of hydrogen-bond acceptors (Lipinski definition) is 1. The number of fused-ring (bicyclic) bond motifs is 5. The first kappa shape index (κ1) is 7.37. The van der Waals surface area contributed by atoms with Gasteiger partial charge in [-0.15, -0.1) is 11.6 Å². The maximum absolute atomic E-state index is 11.5. The second-order valence-electron chi connectivity index (χ2n) is 4.61. The SMILES string of the molecule is O=C1CC[C@@H]2[C@@H]3C[C@H]([C@H]12)[C@@H](Cl)C3. The van der Waals surface area contributed by atoms with Gasteiger partial charge in [-0.25, -0.2) is 0 Å². The van der Waals surface area contributed by atoms with Gasteiger partial charge in [-0.1, -0.05) is 0 Å². The average Bonchev–Trinajstić information content (AvgIpc) is 2.62. The summed E-state index contributed by atoms with van der Waals surface area (Å²) in [5.74, 6) is 2.98. The van der Waals surface area contributed by atoms with E-state index in [2.05, 4.69) is 0 Å². The zero-order valence-corrected chi connectivity index (χ0v) is 7.76. The molecule has 0 N–H and O–H groups in total. The van der Waals surface area contributed by atoms with Gasteiger partial charge in [-0.2, -0.15) is 0 Å². The molecule has 12 heavy (non-hydrogen) atoms. The van der Waals surface area contributed by atoms with Crippen molar-refractivity contribution >= 4 is 17.4 Å². The summed E-state index contributed by atoms with van der Waals surface area (Å²) >= 11 is 6.19. The predicted octanol–water partition coefficient (Wildman–Crippen LogP) is 2.23. The third-order valence-corrected chi connectivity index (χ3v) is 4.69. The van der Waals surface area contributed by atoms with Crippen molar-refractivity contribution in [3.63, 3.8) is 0 Å². The molecule has 1 nitrogen and oxygen atoms in total. The maximum atomic E-state index is 11.5. The maximum Gasteiger partial charge on any atom is 0.136 e. The van der Waals surface area contributed by atoms with Gasteiger partial charge in [0, 0.05) is 17.7 Å². The Bertz CT molecular complexity index is 238. The number of Topliss-reactive ketones (excluding diaryl/α,β-unsaturated/α-hetero) is 1. The molecule has 3 aliphatic carbocycles. The number of carbonyl (C=O) groups is 1. The number of hydrogen-bond donors (Lipinski definition) is 0. The molecule has 0 heterocycles. The molecule has 3 saturated carbocycles. The van der Waals surface area contributed by atoms with Crippen LogP contribution < -0.4 is 0 Å². The van der Waals surface area contributed by atoms with Crippen molar-refractivity contribution in [1.82, 2.24) is 0 Å². The fraction of sp³-hybridized carbons (Fsp3) is 0.900. The first-order valence-electron chi connectivity index (χ1n) is 4.94. The molecule has 2 bridgehead atoms. The van der Waals surface area contributed by atoms with Crippen LogP contribution in [0.25, 0.3) is 0 Å². The van der Waals surface area contributed by atoms with Crippen LogP contribution in [-0.4, -0.2) is 11.2 Å². The minimum atomic E-state index is 0.318. The summed E-state index contributed by atoms with van der Waals surface area (Å²) in [5.41, 5.74) is 0. The van der Waals surface area contributed by atoms with Crippen LogP contribution in [0.5, 0.6) is 0 Å². The molecule has 0 spiro atoms. The van der Waals surface area contributed by atoms with Crippen LogP contribution in [0.4, 0.5) is 0 Å². The Labute approximate surface area is 77.5 Å². The highest BCUT2D eigenvalue weighted by Gasteiger charge is 2.56. The highest BCUT2D eigenvalue weighted by Crippen LogP contribution is 2.58. The molecule has 0 aliphatic heterocycles. The lowest BCUT2D eigenvalue weighted by atomic mass is 9.81. The summed E-state index contributed by atoms with van der Waals surface area (Å²) in [6.45, 7) is 0. The first-order chi connectivity index (χ1) is 5.77. The third-order valence-electron chi connectivity index (χ3n) is 4.19. The summed E-state index contributed by atoms with van der Waals surface area (Å²) < 4.78 is 0. The van der Waals surface area contributed by atoms with Gasteiger partial charge in [0.25, 0.3) is 0 Å². The summed E-state index contributed by atoms with van der Waals surface area (Å²) in [7, 11) is 0. The van der Waals surface area contributed by atoms with Crippen LogP contribution in [0.2, 0.25) is 0 Å². The van der Waals surface area contributed by atoms with E-state index in [1.807, 2.05) is 0 Å². The number of ketones is 1. The molecule has 5 atom stereocenters. The third kappa shape index (κ3) is 0.736. The average molecular weight is 185 g/mol. The van der Waals surface area contributed by atoms with Crippen molar-refractivity contribution in [2.24, 2.45) is 23.7 Å². The zero-order valence-electron chi connectivity index (χ0n) is 7.00. The summed E-state index contributed by atoms with van der Waals surface area (Å²) in [4.78, 5) is 11.5. The topological polar surface area (TPSA) is 17.1 Å². The van der Waals surface area contributed by atoms with Crippen molar-refractivity contribution < 1.29 is 4.79 Å². The van der Waals surface area contributed by atoms with Crippen molar-refractivity contribution in [2.45, 2.75) is 31.1 Å². The molecule has 2 heteroatoms. The number of rotatable bonds is 0. The molecule has 3 rings (SSSR count). The van der Waals surface area contributed by atoms with Crippen molar-refractivity contribution in [3.8, 4) is 0 Å². The van der Waals surface area contributed by atoms with Crippen LogP contribution in [0.1, 0.15) is 25.7 Å². The summed E-state index contributed by atoms with van der Waals surface area (Å²) in [5, 5.41) is 0.318. The van der Waals surface area contributed by atoms with Gasteiger partial charge in [-0.3, -0.25) is 4.79 Å². The van der Waals surface area contributed by atoms with Gasteiger partial charge in [0.1, 0.15) is 5.78 Å². The Morgan fingerprint density at radius 2 is 2.08 bits per heavy atom. The fourth-order valence-electron chi connectivity index (χ4n) is 3.76. The summed E-state index contributed by atoms with van der Waals surface area (Å²) in [6.07, 6.45) is 4.43. The molecule has 0 aromatic rings. The van der Waals surface area contributed by atoms with Crippen LogP contribution >= 0.6 is 11.6 Å². The van der Waals surface area contributed by atoms with Crippen molar-refractivity contribution in [3.05, 3.63) is 0 Å². The highest BCUT2D eigenvalue weighted by molar-refractivity contribution is 6.21. The van der Waals surface area contributed by atoms with E-state index in [0.717, 1.165) is 24.7 Å². The Balaban J connectivity index is 1.95. The van der Waals surface area contributed by atoms with Crippen LogP contribution in [0.3, 0.4) is 0 Å². The zero-order chi connectivity index (χ0) is 8.29. The smallest absolute Gasteiger partial charge is 0.136 e. The Hall–Kier alpha value is -0.0400. The molecule has 3 fully saturated rings. The number of carbonyl (C=O) groups excluding carboxylic acids is 1. The lowest BCUT2D eigenvalue weighted by Gasteiger charge is -2.26. The molecule has 0 aromatic heterocycles. The van der Waals surface area contributed by atoms with Crippen molar-refractivity contribution in [2.75, 3.05) is 0 Å². The van der Waals surface area contributed by atoms with E-state index < -0.39 is 0 Å². The van der Waals surface area contributed by atoms with Crippen LogP contribution in [0.15, 0.2) is 0 Å². The highest BCUT2D eigenvalue weighted by atomic mass is 35.5. The van der Waals surface area contributed by atoms with Gasteiger partial charge >= 0.3 is 0 Å². The Kier molecular flexibility index (Phi) is 1.39. The van der Waals surface area contributed by atoms with Gasteiger partial charge in [-0.05, 0) is 37.0 Å². The van der Waals surface area contributed by atoms with E-state index in [1.54, 1.807) is 0 Å². The van der Waals surface area contributed by atoms with E-state index >= 15 is 0 Å². The van der Waals surface area contributed by atoms with Gasteiger partial charge < -0.3 is 0 Å². The molecule has 0 amide bonds. The predicted molar refractivity (Wildman–Crippen MR) is 47.1 cm³/mol. The molecular formula is C10H13ClO. The van der Waals surface area contributed by atoms with Crippen molar-refractivity contribution in [1.29, 1.82) is 0 Å². The molecule has 3 aliphatic rings. The minimum absolute atomic E-state index is 0.318. The molecule has 66 valence electrons. The van der Waals surface area contributed by atoms with E-state index in [0.29, 0.717) is 23.0 Å². The molecule has 0 saturated heterocycles. The van der Waals surface area contributed by atoms with Gasteiger partial charge in [0.05, 0.1) is 0 Å². The summed E-state index contributed by atoms with van der Waals surface area (Å²) in [6, 6.07) is 0. The second-order valence-corrected chi connectivity index (χ2v) is 5.17. The monoisotopic (exact) mass is 184 g/mol. The number of alkyl halides is 1. The molecule has 0 aromatic carbocycles. The normalized spacial score (nSPS) is 56.4. The van der Waals surface area contributed by atoms with Crippen LogP contribution in [0, 0.1) is 23.7 Å². The quantitative estimate of drug-likeness (QED) is 0.528. The first-order valence-corrected chi connectivity index (χ1v) is 5.38. The Morgan fingerprint density at radius 1 is 1.25 bits per heavy atom. The molecule has 0 radical (unpaired) electrons. The number of halogens is 1. The lowest BCUT2D eigenvalue weighted by molar-refractivity contribution is -0.122.